The Morgan fingerprint density at radius 3 is 2.76 bits per heavy atom. The first kappa shape index (κ1) is 24.6. The van der Waals surface area contributed by atoms with E-state index >= 15 is 0 Å². The van der Waals surface area contributed by atoms with Crippen LogP contribution in [-0.4, -0.2) is 70.7 Å². The van der Waals surface area contributed by atoms with E-state index < -0.39 is 11.8 Å². The van der Waals surface area contributed by atoms with Gasteiger partial charge in [-0.1, -0.05) is 24.0 Å². The van der Waals surface area contributed by atoms with Gasteiger partial charge in [-0.25, -0.2) is 9.97 Å². The maximum absolute atomic E-state index is 13.0. The molecule has 4 aromatic rings. The van der Waals surface area contributed by atoms with Gasteiger partial charge in [-0.2, -0.15) is 0 Å². The van der Waals surface area contributed by atoms with Crippen LogP contribution in [0.15, 0.2) is 42.7 Å². The molecule has 2 amide bonds. The summed E-state index contributed by atoms with van der Waals surface area (Å²) in [5.41, 5.74) is 4.08. The van der Waals surface area contributed by atoms with E-state index in [1.54, 1.807) is 0 Å². The molecule has 11 heteroatoms. The summed E-state index contributed by atoms with van der Waals surface area (Å²) in [6.07, 6.45) is 5.14. The molecule has 37 heavy (non-hydrogen) atoms. The van der Waals surface area contributed by atoms with Crippen LogP contribution < -0.4 is 20.8 Å². The van der Waals surface area contributed by atoms with Gasteiger partial charge in [0.25, 0.3) is 11.8 Å². The van der Waals surface area contributed by atoms with Gasteiger partial charge in [0.2, 0.25) is 5.95 Å². The highest BCUT2D eigenvalue weighted by molar-refractivity contribution is 6.36. The van der Waals surface area contributed by atoms with E-state index in [1.165, 1.54) is 25.6 Å². The average Bonchev–Trinajstić information content (AvgIpc) is 3.54. The largest absolute Gasteiger partial charge is 0.492 e. The first-order valence-corrected chi connectivity index (χ1v) is 12.5. The Morgan fingerprint density at radius 1 is 1.08 bits per heavy atom. The normalized spacial score (nSPS) is 14.0. The van der Waals surface area contributed by atoms with Crippen LogP contribution in [0.25, 0.3) is 11.0 Å². The second-order valence-electron chi connectivity index (χ2n) is 9.37. The van der Waals surface area contributed by atoms with Crippen molar-refractivity contribution >= 4 is 47.8 Å². The number of nitrogens with one attached hydrogen (secondary N) is 4. The fourth-order valence-corrected chi connectivity index (χ4v) is 4.47. The van der Waals surface area contributed by atoms with Crippen LogP contribution in [0.3, 0.4) is 0 Å². The Hall–Kier alpha value is -4.12. The Kier molecular flexibility index (Phi) is 7.22. The molecule has 3 heterocycles. The molecular formula is C26H30BN7O3. The fourth-order valence-electron chi connectivity index (χ4n) is 4.47. The van der Waals surface area contributed by atoms with Crippen molar-refractivity contribution in [2.24, 2.45) is 0 Å². The average molecular weight is 499 g/mol. The van der Waals surface area contributed by atoms with E-state index in [0.717, 1.165) is 41.9 Å². The van der Waals surface area contributed by atoms with Crippen molar-refractivity contribution in [1.29, 1.82) is 0 Å². The maximum Gasteiger partial charge on any atom is 0.276 e. The van der Waals surface area contributed by atoms with Crippen LogP contribution in [0.1, 0.15) is 45.8 Å². The van der Waals surface area contributed by atoms with Gasteiger partial charge in [0.05, 0.1) is 17.4 Å². The first-order chi connectivity index (χ1) is 18.0. The van der Waals surface area contributed by atoms with Gasteiger partial charge < -0.3 is 20.0 Å². The Morgan fingerprint density at radius 2 is 1.92 bits per heavy atom. The molecule has 2 aromatic carbocycles. The lowest BCUT2D eigenvalue weighted by molar-refractivity contribution is 0.0985. The summed E-state index contributed by atoms with van der Waals surface area (Å²) in [6.45, 7) is 5.75. The summed E-state index contributed by atoms with van der Waals surface area (Å²) in [6, 6.07) is 11.4. The number of aromatic nitrogens is 4. The number of hydrogen-bond donors (Lipinski definition) is 4. The van der Waals surface area contributed by atoms with Gasteiger partial charge in [0, 0.05) is 18.3 Å². The molecule has 0 atom stereocenters. The van der Waals surface area contributed by atoms with Gasteiger partial charge >= 0.3 is 0 Å². The Balaban J connectivity index is 1.23. The van der Waals surface area contributed by atoms with E-state index in [0.29, 0.717) is 17.8 Å². The molecular weight excluding hydrogens is 469 g/mol. The quantitative estimate of drug-likeness (QED) is 0.276. The number of carbonyl (C=O) groups excluding carboxylic acids is 2. The SMILES string of the molecule is Bc1ccc(C)cc1NC(=O)c1nc[nH]c1C(=O)Nc1nc2ccc(OCCN3CCCCC3)cc2[nH]1. The number of benzene rings is 2. The third kappa shape index (κ3) is 5.83. The molecule has 10 nitrogen and oxygen atoms in total. The van der Waals surface area contributed by atoms with Gasteiger partial charge in [0.15, 0.2) is 5.69 Å². The third-order valence-corrected chi connectivity index (χ3v) is 6.53. The van der Waals surface area contributed by atoms with Crippen LogP contribution in [-0.2, 0) is 0 Å². The molecule has 1 saturated heterocycles. The maximum atomic E-state index is 13.0. The number of aromatic amines is 2. The van der Waals surface area contributed by atoms with E-state index in [1.807, 2.05) is 51.2 Å². The monoisotopic (exact) mass is 499 g/mol. The van der Waals surface area contributed by atoms with E-state index in [4.69, 9.17) is 4.74 Å². The molecule has 0 unspecified atom stereocenters. The number of fused-ring (bicyclic) bond motifs is 1. The highest BCUT2D eigenvalue weighted by atomic mass is 16.5. The van der Waals surface area contributed by atoms with Crippen molar-refractivity contribution in [3.8, 4) is 5.75 Å². The zero-order valence-corrected chi connectivity index (χ0v) is 21.1. The number of aryl methyl sites for hydroxylation is 1. The predicted octanol–water partition coefficient (Wildman–Crippen LogP) is 2.22. The highest BCUT2D eigenvalue weighted by Crippen LogP contribution is 2.21. The molecule has 4 N–H and O–H groups in total. The van der Waals surface area contributed by atoms with Gasteiger partial charge in [0.1, 0.15) is 25.9 Å². The molecule has 2 aromatic heterocycles. The topological polar surface area (TPSA) is 128 Å². The molecule has 1 aliphatic rings. The van der Waals surface area contributed by atoms with Crippen LogP contribution >= 0.6 is 0 Å². The minimum Gasteiger partial charge on any atom is -0.492 e. The number of nitrogens with zero attached hydrogens (tertiary/aromatic N) is 3. The van der Waals surface area contributed by atoms with Gasteiger partial charge in [-0.15, -0.1) is 0 Å². The minimum absolute atomic E-state index is 0.00101. The summed E-state index contributed by atoms with van der Waals surface area (Å²) >= 11 is 0. The molecule has 5 rings (SSSR count). The molecule has 0 bridgehead atoms. The van der Waals surface area contributed by atoms with E-state index in [2.05, 4.69) is 35.5 Å². The number of carbonyl (C=O) groups is 2. The number of H-pyrrole nitrogens is 2. The van der Waals surface area contributed by atoms with E-state index in [9.17, 15) is 9.59 Å². The Bertz CT molecular complexity index is 1420. The zero-order valence-electron chi connectivity index (χ0n) is 21.1. The lowest BCUT2D eigenvalue weighted by Gasteiger charge is -2.26. The standard InChI is InChI=1S/C26H30BN7O3/c1-16-5-7-18(27)20(13-16)30-24(35)22-23(29-15-28-22)25(36)33-26-31-19-8-6-17(14-21(19)32-26)37-12-11-34-9-3-2-4-10-34/h5-8,13-15H,2-4,9-12,27H2,1H3,(H,28,29)(H,30,35)(H2,31,32,33,36). The number of imidazole rings is 2. The first-order valence-electron chi connectivity index (χ1n) is 12.5. The van der Waals surface area contributed by atoms with Crippen LogP contribution in [0, 0.1) is 6.92 Å². The minimum atomic E-state index is -0.527. The lowest BCUT2D eigenvalue weighted by Crippen LogP contribution is -2.33. The summed E-state index contributed by atoms with van der Waals surface area (Å²) in [5, 5.41) is 5.55. The fraction of sp³-hybridized carbons (Fsp3) is 0.308. The third-order valence-electron chi connectivity index (χ3n) is 6.53. The summed E-state index contributed by atoms with van der Waals surface area (Å²) in [7, 11) is 1.90. The highest BCUT2D eigenvalue weighted by Gasteiger charge is 2.22. The number of likely N-dealkylation sites (tertiary alicyclic amines) is 1. The van der Waals surface area contributed by atoms with Crippen LogP contribution in [0.4, 0.5) is 11.6 Å². The van der Waals surface area contributed by atoms with Crippen molar-refractivity contribution in [2.45, 2.75) is 26.2 Å². The Labute approximate surface area is 215 Å². The van der Waals surface area contributed by atoms with Crippen molar-refractivity contribution in [2.75, 3.05) is 36.9 Å². The van der Waals surface area contributed by atoms with Crippen molar-refractivity contribution in [3.05, 3.63) is 59.7 Å². The van der Waals surface area contributed by atoms with Crippen LogP contribution in [0.5, 0.6) is 5.75 Å². The molecule has 190 valence electrons. The molecule has 0 saturated carbocycles. The number of anilines is 2. The number of rotatable bonds is 8. The number of hydrogen-bond acceptors (Lipinski definition) is 6. The second-order valence-corrected chi connectivity index (χ2v) is 9.37. The molecule has 1 aliphatic heterocycles. The number of piperidine rings is 1. The molecule has 0 aliphatic carbocycles. The van der Waals surface area contributed by atoms with E-state index in [-0.39, 0.29) is 17.3 Å². The second kappa shape index (κ2) is 10.9. The smallest absolute Gasteiger partial charge is 0.276 e. The van der Waals surface area contributed by atoms with Gasteiger partial charge in [-0.05, 0) is 56.6 Å². The summed E-state index contributed by atoms with van der Waals surface area (Å²) < 4.78 is 5.94. The van der Waals surface area contributed by atoms with Gasteiger partial charge in [-0.3, -0.25) is 19.8 Å². The lowest BCUT2D eigenvalue weighted by atomic mass is 9.93. The molecule has 0 radical (unpaired) electrons. The van der Waals surface area contributed by atoms with Crippen LogP contribution in [0.2, 0.25) is 0 Å². The molecule has 0 spiro atoms. The summed E-state index contributed by atoms with van der Waals surface area (Å²) in [4.78, 5) is 42.6. The molecule has 1 fully saturated rings. The predicted molar refractivity (Wildman–Crippen MR) is 146 cm³/mol. The van der Waals surface area contributed by atoms with Crippen molar-refractivity contribution in [1.82, 2.24) is 24.8 Å². The van der Waals surface area contributed by atoms with Crippen molar-refractivity contribution < 1.29 is 14.3 Å². The zero-order chi connectivity index (χ0) is 25.8. The number of ether oxygens (including phenoxy) is 1. The number of amides is 2. The summed E-state index contributed by atoms with van der Waals surface area (Å²) in [5.74, 6) is 0.00248. The van der Waals surface area contributed by atoms with Crippen molar-refractivity contribution in [3.63, 3.8) is 0 Å².